The van der Waals surface area contributed by atoms with Crippen molar-refractivity contribution in [2.24, 2.45) is 0 Å². The van der Waals surface area contributed by atoms with Crippen LogP contribution in [0, 0.1) is 0 Å². The van der Waals surface area contributed by atoms with Crippen LogP contribution in [0.25, 0.3) is 0 Å². The van der Waals surface area contributed by atoms with E-state index in [4.69, 9.17) is 17.5 Å². The van der Waals surface area contributed by atoms with Gasteiger partial charge in [0, 0.05) is 0 Å². The Bertz CT molecular complexity index is 91.2. The van der Waals surface area contributed by atoms with Gasteiger partial charge in [-0.05, 0) is 0 Å². The average Bonchev–Trinajstić information content (AvgIpc) is 0.722. The summed E-state index contributed by atoms with van der Waals surface area (Å²) >= 11 is 0. The van der Waals surface area contributed by atoms with Crippen molar-refractivity contribution in [3.05, 3.63) is 0 Å². The van der Waals surface area contributed by atoms with Gasteiger partial charge in [0.25, 0.3) is 0 Å². The molecule has 0 aromatic rings. The van der Waals surface area contributed by atoms with Crippen molar-refractivity contribution < 1.29 is 23.0 Å². The summed E-state index contributed by atoms with van der Waals surface area (Å²) in [4.78, 5) is 0. The lowest BCUT2D eigenvalue weighted by Crippen LogP contribution is -1.89. The Morgan fingerprint density at radius 2 is 1.14 bits per heavy atom. The van der Waals surface area contributed by atoms with Crippen molar-refractivity contribution >= 4 is 22.8 Å². The minimum Gasteiger partial charge on any atom is -0.412 e. The lowest BCUT2D eigenvalue weighted by Gasteiger charge is -1.68. The highest BCUT2D eigenvalue weighted by molar-refractivity contribution is 7.79. The number of rotatable bonds is 0. The van der Waals surface area contributed by atoms with Crippen molar-refractivity contribution in [1.82, 2.24) is 0 Å². The van der Waals surface area contributed by atoms with Gasteiger partial charge in [0.2, 0.25) is 0 Å². The van der Waals surface area contributed by atoms with Crippen LogP contribution in [-0.2, 0) is 10.4 Å². The molecular formula is H5ClO5S. The van der Waals surface area contributed by atoms with E-state index in [0.717, 1.165) is 0 Å². The van der Waals surface area contributed by atoms with Crippen LogP contribution in [0.2, 0.25) is 0 Å². The normalized spacial score (nSPS) is 8.29. The summed E-state index contributed by atoms with van der Waals surface area (Å²) < 4.78 is 31.6. The summed E-state index contributed by atoms with van der Waals surface area (Å²) in [5, 5.41) is 0. The molecule has 0 aliphatic carbocycles. The van der Waals surface area contributed by atoms with Crippen LogP contribution in [0.3, 0.4) is 0 Å². The van der Waals surface area contributed by atoms with Crippen LogP contribution in [0.1, 0.15) is 0 Å². The molecule has 0 aliphatic rings. The fraction of sp³-hybridized carbons (Fsp3) is 0. The van der Waals surface area contributed by atoms with Crippen molar-refractivity contribution in [1.29, 1.82) is 0 Å². The predicted molar refractivity (Wildman–Crippen MR) is 25.0 cm³/mol. The summed E-state index contributed by atoms with van der Waals surface area (Å²) in [7, 11) is -4.67. The third kappa shape index (κ3) is 7210. The summed E-state index contributed by atoms with van der Waals surface area (Å²) in [5.74, 6) is 0. The summed E-state index contributed by atoms with van der Waals surface area (Å²) in [6.45, 7) is 0. The van der Waals surface area contributed by atoms with E-state index < -0.39 is 10.4 Å². The smallest absolute Gasteiger partial charge is 0.394 e. The summed E-state index contributed by atoms with van der Waals surface area (Å²) in [5.41, 5.74) is 0. The lowest BCUT2D eigenvalue weighted by atomic mass is 15.8. The van der Waals surface area contributed by atoms with E-state index in [1.165, 1.54) is 0 Å². The zero-order chi connectivity index (χ0) is 4.50. The van der Waals surface area contributed by atoms with Crippen LogP contribution < -0.4 is 0 Å². The third-order valence-corrected chi connectivity index (χ3v) is 0. The Labute approximate surface area is 46.6 Å². The summed E-state index contributed by atoms with van der Waals surface area (Å²) in [6.07, 6.45) is 0. The molecule has 0 heterocycles. The van der Waals surface area contributed by atoms with Crippen LogP contribution in [0.4, 0.5) is 0 Å². The average molecular weight is 153 g/mol. The van der Waals surface area contributed by atoms with Crippen LogP contribution >= 0.6 is 12.4 Å². The number of halogens is 1. The highest BCUT2D eigenvalue weighted by atomic mass is 35.5. The molecule has 0 bridgehead atoms. The van der Waals surface area contributed by atoms with Crippen molar-refractivity contribution in [3.63, 3.8) is 0 Å². The molecule has 0 spiro atoms. The van der Waals surface area contributed by atoms with Crippen molar-refractivity contribution in [3.8, 4) is 0 Å². The molecule has 5 nitrogen and oxygen atoms in total. The molecule has 0 saturated heterocycles. The molecule has 0 rings (SSSR count). The van der Waals surface area contributed by atoms with E-state index in [9.17, 15) is 0 Å². The quantitative estimate of drug-likeness (QED) is 0.432. The number of hydrogen-bond acceptors (Lipinski definition) is 2. The second-order valence-corrected chi connectivity index (χ2v) is 1.34. The van der Waals surface area contributed by atoms with Gasteiger partial charge in [-0.1, -0.05) is 0 Å². The zero-order valence-electron chi connectivity index (χ0n) is 3.03. The Hall–Kier alpha value is 0.120. The third-order valence-electron chi connectivity index (χ3n) is 0. The van der Waals surface area contributed by atoms with Gasteiger partial charge in [-0.15, -0.1) is 12.4 Å². The van der Waals surface area contributed by atoms with Gasteiger partial charge in [0.1, 0.15) is 0 Å². The molecule has 0 unspecified atom stereocenters. The SMILES string of the molecule is Cl.O.O=S(=O)(O)O. The van der Waals surface area contributed by atoms with Gasteiger partial charge in [-0.2, -0.15) is 8.42 Å². The van der Waals surface area contributed by atoms with Crippen molar-refractivity contribution in [2.75, 3.05) is 0 Å². The second kappa shape index (κ2) is 4.28. The maximum Gasteiger partial charge on any atom is 0.394 e. The standard InChI is InChI=1S/ClH.H2O4S.H2O/c;1-5(2,3)4;/h1H;(H2,1,2,3,4);1H2. The lowest BCUT2D eigenvalue weighted by molar-refractivity contribution is 0.381. The van der Waals surface area contributed by atoms with Crippen LogP contribution in [0.5, 0.6) is 0 Å². The number of hydrogen-bond donors (Lipinski definition) is 2. The highest BCUT2D eigenvalue weighted by Crippen LogP contribution is 1.59. The van der Waals surface area contributed by atoms with E-state index >= 15 is 0 Å². The Kier molecular flexibility index (Phi) is 9.61. The maximum absolute atomic E-state index is 8.74. The van der Waals surface area contributed by atoms with Gasteiger partial charge >= 0.3 is 10.4 Å². The first-order valence-electron chi connectivity index (χ1n) is 0.698. The van der Waals surface area contributed by atoms with Crippen LogP contribution in [0.15, 0.2) is 0 Å². The molecule has 4 N–H and O–H groups in total. The largest absolute Gasteiger partial charge is 0.412 e. The molecule has 0 saturated carbocycles. The first kappa shape index (κ1) is 15.7. The first-order valence-corrected chi connectivity index (χ1v) is 2.10. The first-order chi connectivity index (χ1) is 2.00. The Morgan fingerprint density at radius 1 is 1.14 bits per heavy atom. The van der Waals surface area contributed by atoms with Gasteiger partial charge in [0.05, 0.1) is 0 Å². The van der Waals surface area contributed by atoms with Crippen molar-refractivity contribution in [2.45, 2.75) is 0 Å². The fourth-order valence-electron chi connectivity index (χ4n) is 0. The predicted octanol–water partition coefficient (Wildman–Crippen LogP) is -1.06. The van der Waals surface area contributed by atoms with E-state index in [0.29, 0.717) is 0 Å². The molecule has 0 fully saturated rings. The second-order valence-electron chi connectivity index (χ2n) is 0.448. The van der Waals surface area contributed by atoms with E-state index in [1.54, 1.807) is 0 Å². The molecule has 7 heteroatoms. The molecule has 0 amide bonds. The fourth-order valence-corrected chi connectivity index (χ4v) is 0. The molecule has 48 valence electrons. The molecule has 0 atom stereocenters. The molecule has 7 heavy (non-hydrogen) atoms. The maximum atomic E-state index is 8.74. The van der Waals surface area contributed by atoms with Gasteiger partial charge in [-0.25, -0.2) is 0 Å². The topological polar surface area (TPSA) is 106 Å². The van der Waals surface area contributed by atoms with E-state index in [-0.39, 0.29) is 17.9 Å². The molecule has 0 aliphatic heterocycles. The Balaban J connectivity index is -0.0000000800. The zero-order valence-corrected chi connectivity index (χ0v) is 4.66. The molecular weight excluding hydrogens is 148 g/mol. The van der Waals surface area contributed by atoms with E-state index in [1.807, 2.05) is 0 Å². The summed E-state index contributed by atoms with van der Waals surface area (Å²) in [6, 6.07) is 0. The van der Waals surface area contributed by atoms with Crippen LogP contribution in [-0.4, -0.2) is 23.0 Å². The van der Waals surface area contributed by atoms with Gasteiger partial charge < -0.3 is 5.48 Å². The molecule has 0 aromatic heterocycles. The van der Waals surface area contributed by atoms with Gasteiger partial charge in [-0.3, -0.25) is 9.11 Å². The van der Waals surface area contributed by atoms with Gasteiger partial charge in [0.15, 0.2) is 0 Å². The van der Waals surface area contributed by atoms with E-state index in [2.05, 4.69) is 0 Å². The molecule has 0 aromatic carbocycles. The highest BCUT2D eigenvalue weighted by Gasteiger charge is 1.84. The minimum atomic E-state index is -4.67. The Morgan fingerprint density at radius 3 is 1.14 bits per heavy atom. The minimum absolute atomic E-state index is 0. The molecule has 0 radical (unpaired) electrons. The monoisotopic (exact) mass is 152 g/mol.